The molecule has 1 aromatic carbocycles. The molecule has 4 nitrogen and oxygen atoms in total. The van der Waals surface area contributed by atoms with Gasteiger partial charge >= 0.3 is 0 Å². The molecule has 2 aromatic rings. The Bertz CT molecular complexity index is 563. The topological polar surface area (TPSA) is 68.0 Å². The summed E-state index contributed by atoms with van der Waals surface area (Å²) in [6.45, 7) is 4.06. The minimum atomic E-state index is -1.03. The molecule has 3 N–H and O–H groups in total. The first-order valence-electron chi connectivity index (χ1n) is 6.04. The molecule has 2 rings (SSSR count). The van der Waals surface area contributed by atoms with Crippen LogP contribution in [0.2, 0.25) is 0 Å². The van der Waals surface area contributed by atoms with E-state index in [9.17, 15) is 4.79 Å². The highest BCUT2D eigenvalue weighted by atomic mass is 32.1. The third-order valence-corrected chi connectivity index (χ3v) is 3.88. The van der Waals surface area contributed by atoms with Crippen molar-refractivity contribution in [3.63, 3.8) is 0 Å². The van der Waals surface area contributed by atoms with Gasteiger partial charge in [-0.2, -0.15) is 0 Å². The van der Waals surface area contributed by atoms with Gasteiger partial charge in [-0.3, -0.25) is 4.79 Å². The minimum Gasteiger partial charge on any atom is -0.348 e. The zero-order valence-electron chi connectivity index (χ0n) is 11.0. The maximum atomic E-state index is 12.2. The average molecular weight is 275 g/mol. The lowest BCUT2D eigenvalue weighted by atomic mass is 9.92. The van der Waals surface area contributed by atoms with Crippen molar-refractivity contribution in [1.82, 2.24) is 10.3 Å². The molecule has 0 bridgehead atoms. The monoisotopic (exact) mass is 275 g/mol. The van der Waals surface area contributed by atoms with Crippen molar-refractivity contribution in [3.8, 4) is 0 Å². The number of benzene rings is 1. The van der Waals surface area contributed by atoms with E-state index in [0.717, 1.165) is 16.3 Å². The molecule has 5 heteroatoms. The van der Waals surface area contributed by atoms with Crippen LogP contribution in [-0.4, -0.2) is 10.9 Å². The minimum absolute atomic E-state index is 0.202. The molecule has 1 unspecified atom stereocenters. The molecule has 0 radical (unpaired) electrons. The summed E-state index contributed by atoms with van der Waals surface area (Å²) in [5.41, 5.74) is 6.85. The Balaban J connectivity index is 2.03. The number of nitrogens with one attached hydrogen (secondary N) is 1. The molecule has 0 spiro atoms. The SMILES string of the molecule is Cc1csc(CNC(=O)C(C)(N)c2ccccc2)n1. The number of nitrogens with zero attached hydrogens (tertiary/aromatic N) is 1. The van der Waals surface area contributed by atoms with Gasteiger partial charge in [-0.1, -0.05) is 30.3 Å². The first kappa shape index (κ1) is 13.7. The molecule has 0 saturated heterocycles. The predicted molar refractivity (Wildman–Crippen MR) is 76.7 cm³/mol. The van der Waals surface area contributed by atoms with Gasteiger partial charge in [-0.05, 0) is 19.4 Å². The largest absolute Gasteiger partial charge is 0.348 e. The summed E-state index contributed by atoms with van der Waals surface area (Å²) in [6.07, 6.45) is 0. The van der Waals surface area contributed by atoms with Gasteiger partial charge in [0.2, 0.25) is 5.91 Å². The number of thiazole rings is 1. The summed E-state index contributed by atoms with van der Waals surface area (Å²) in [5, 5.41) is 5.68. The maximum Gasteiger partial charge on any atom is 0.244 e. The van der Waals surface area contributed by atoms with Crippen molar-refractivity contribution in [2.45, 2.75) is 25.9 Å². The summed E-state index contributed by atoms with van der Waals surface area (Å²) in [5.74, 6) is -0.202. The fourth-order valence-electron chi connectivity index (χ4n) is 1.74. The van der Waals surface area contributed by atoms with Crippen LogP contribution in [0, 0.1) is 6.92 Å². The van der Waals surface area contributed by atoms with Gasteiger partial charge in [-0.15, -0.1) is 11.3 Å². The van der Waals surface area contributed by atoms with Crippen molar-refractivity contribution in [2.24, 2.45) is 5.73 Å². The first-order valence-corrected chi connectivity index (χ1v) is 6.92. The van der Waals surface area contributed by atoms with Crippen molar-refractivity contribution in [2.75, 3.05) is 0 Å². The quantitative estimate of drug-likeness (QED) is 0.896. The highest BCUT2D eigenvalue weighted by Crippen LogP contribution is 2.17. The summed E-state index contributed by atoms with van der Waals surface area (Å²) < 4.78 is 0. The molecular formula is C14H17N3OS. The van der Waals surface area contributed by atoms with Crippen molar-refractivity contribution < 1.29 is 4.79 Å². The third-order valence-electron chi connectivity index (χ3n) is 2.91. The van der Waals surface area contributed by atoms with Crippen LogP contribution in [0.15, 0.2) is 35.7 Å². The fraction of sp³-hybridized carbons (Fsp3) is 0.286. The number of aromatic nitrogens is 1. The maximum absolute atomic E-state index is 12.2. The summed E-state index contributed by atoms with van der Waals surface area (Å²) in [7, 11) is 0. The Morgan fingerprint density at radius 1 is 1.42 bits per heavy atom. The van der Waals surface area contributed by atoms with Gasteiger partial charge < -0.3 is 11.1 Å². The highest BCUT2D eigenvalue weighted by Gasteiger charge is 2.30. The fourth-order valence-corrected chi connectivity index (χ4v) is 2.45. The highest BCUT2D eigenvalue weighted by molar-refractivity contribution is 7.09. The Hall–Kier alpha value is -1.72. The van der Waals surface area contributed by atoms with Crippen LogP contribution >= 0.6 is 11.3 Å². The van der Waals surface area contributed by atoms with E-state index in [1.54, 1.807) is 6.92 Å². The van der Waals surface area contributed by atoms with Gasteiger partial charge in [0.1, 0.15) is 10.5 Å². The second kappa shape index (κ2) is 5.50. The molecule has 1 heterocycles. The zero-order chi connectivity index (χ0) is 13.9. The Morgan fingerprint density at radius 2 is 2.11 bits per heavy atom. The standard InChI is InChI=1S/C14H17N3OS/c1-10-9-19-12(17-10)8-16-13(18)14(2,15)11-6-4-3-5-7-11/h3-7,9H,8,15H2,1-2H3,(H,16,18). The number of hydrogen-bond acceptors (Lipinski definition) is 4. The van der Waals surface area contributed by atoms with Crippen LogP contribution in [-0.2, 0) is 16.9 Å². The lowest BCUT2D eigenvalue weighted by molar-refractivity contribution is -0.126. The Labute approximate surface area is 116 Å². The van der Waals surface area contributed by atoms with Crippen molar-refractivity contribution in [1.29, 1.82) is 0 Å². The van der Waals surface area contributed by atoms with E-state index in [1.165, 1.54) is 11.3 Å². The molecular weight excluding hydrogens is 258 g/mol. The molecule has 100 valence electrons. The Kier molecular flexibility index (Phi) is 3.97. The molecule has 1 amide bonds. The lowest BCUT2D eigenvalue weighted by Crippen LogP contribution is -2.48. The van der Waals surface area contributed by atoms with Gasteiger partial charge in [0.25, 0.3) is 0 Å². The van der Waals surface area contributed by atoms with Gasteiger partial charge in [0, 0.05) is 11.1 Å². The van der Waals surface area contributed by atoms with E-state index in [4.69, 9.17) is 5.73 Å². The van der Waals surface area contributed by atoms with E-state index in [2.05, 4.69) is 10.3 Å². The average Bonchev–Trinajstić information content (AvgIpc) is 2.82. The van der Waals surface area contributed by atoms with E-state index < -0.39 is 5.54 Å². The number of nitrogens with two attached hydrogens (primary N) is 1. The lowest BCUT2D eigenvalue weighted by Gasteiger charge is -2.23. The first-order chi connectivity index (χ1) is 9.00. The van der Waals surface area contributed by atoms with Crippen LogP contribution in [0.1, 0.15) is 23.2 Å². The van der Waals surface area contributed by atoms with Crippen molar-refractivity contribution in [3.05, 3.63) is 52.0 Å². The predicted octanol–water partition coefficient (Wildman–Crippen LogP) is 1.94. The van der Waals surface area contributed by atoms with Crippen LogP contribution in [0.3, 0.4) is 0 Å². The van der Waals surface area contributed by atoms with E-state index in [-0.39, 0.29) is 5.91 Å². The summed E-state index contributed by atoms with van der Waals surface area (Å²) in [6, 6.07) is 9.35. The Morgan fingerprint density at radius 3 is 2.68 bits per heavy atom. The number of carbonyl (C=O) groups excluding carboxylic acids is 1. The van der Waals surface area contributed by atoms with Crippen molar-refractivity contribution >= 4 is 17.2 Å². The third kappa shape index (κ3) is 3.19. The molecule has 0 saturated carbocycles. The smallest absolute Gasteiger partial charge is 0.244 e. The number of carbonyl (C=O) groups is 1. The molecule has 1 atom stereocenters. The van der Waals surface area contributed by atoms with Gasteiger partial charge in [-0.25, -0.2) is 4.98 Å². The van der Waals surface area contributed by atoms with E-state index in [0.29, 0.717) is 6.54 Å². The second-order valence-electron chi connectivity index (χ2n) is 4.63. The number of aryl methyl sites for hydroxylation is 1. The summed E-state index contributed by atoms with van der Waals surface area (Å²) in [4.78, 5) is 16.5. The number of rotatable bonds is 4. The van der Waals surface area contributed by atoms with Gasteiger partial charge in [0.15, 0.2) is 0 Å². The summed E-state index contributed by atoms with van der Waals surface area (Å²) >= 11 is 1.53. The molecule has 0 aliphatic rings. The number of hydrogen-bond donors (Lipinski definition) is 2. The number of amides is 1. The van der Waals surface area contributed by atoms with Crippen LogP contribution < -0.4 is 11.1 Å². The molecule has 0 fully saturated rings. The molecule has 19 heavy (non-hydrogen) atoms. The van der Waals surface area contributed by atoms with Crippen LogP contribution in [0.4, 0.5) is 0 Å². The van der Waals surface area contributed by atoms with E-state index >= 15 is 0 Å². The normalized spacial score (nSPS) is 13.8. The zero-order valence-corrected chi connectivity index (χ0v) is 11.8. The van der Waals surface area contributed by atoms with Gasteiger partial charge in [0.05, 0.1) is 6.54 Å². The molecule has 1 aromatic heterocycles. The van der Waals surface area contributed by atoms with Crippen LogP contribution in [0.25, 0.3) is 0 Å². The second-order valence-corrected chi connectivity index (χ2v) is 5.58. The molecule has 0 aliphatic heterocycles. The molecule has 0 aliphatic carbocycles. The van der Waals surface area contributed by atoms with E-state index in [1.807, 2.05) is 42.6 Å². The van der Waals surface area contributed by atoms with Crippen LogP contribution in [0.5, 0.6) is 0 Å².